The number of hydrogen-bond acceptors (Lipinski definition) is 2. The Morgan fingerprint density at radius 2 is 2.05 bits per heavy atom. The van der Waals surface area contributed by atoms with Crippen molar-refractivity contribution in [3.8, 4) is 0 Å². The van der Waals surface area contributed by atoms with Gasteiger partial charge in [0.25, 0.3) is 0 Å². The highest BCUT2D eigenvalue weighted by Crippen LogP contribution is 2.17. The molecule has 0 amide bonds. The molecule has 1 rings (SSSR count). The second kappa shape index (κ2) is 11.4. The molecule has 4 nitrogen and oxygen atoms in total. The molecule has 0 aliphatic carbocycles. The summed E-state index contributed by atoms with van der Waals surface area (Å²) in [7, 11) is 0. The summed E-state index contributed by atoms with van der Waals surface area (Å²) in [5.41, 5.74) is 0. The van der Waals surface area contributed by atoms with Crippen LogP contribution in [-0.2, 0) is 0 Å². The highest BCUT2D eigenvalue weighted by molar-refractivity contribution is 14.0. The van der Waals surface area contributed by atoms with E-state index in [-0.39, 0.29) is 24.0 Å². The first-order valence-corrected chi connectivity index (χ1v) is 7.54. The summed E-state index contributed by atoms with van der Waals surface area (Å²) in [6.45, 7) is 15.3. The Hall–Kier alpha value is -0.300. The van der Waals surface area contributed by atoms with E-state index in [1.807, 2.05) is 6.08 Å². The number of likely N-dealkylation sites (tertiary alicyclic amines) is 1. The lowest BCUT2D eigenvalue weighted by Crippen LogP contribution is -2.42. The van der Waals surface area contributed by atoms with Gasteiger partial charge in [0, 0.05) is 19.1 Å². The second-order valence-corrected chi connectivity index (χ2v) is 5.46. The van der Waals surface area contributed by atoms with Crippen LogP contribution in [0.4, 0.5) is 0 Å². The van der Waals surface area contributed by atoms with Gasteiger partial charge in [-0.2, -0.15) is 0 Å². The fourth-order valence-electron chi connectivity index (χ4n) is 2.32. The molecule has 0 bridgehead atoms. The van der Waals surface area contributed by atoms with E-state index < -0.39 is 0 Å². The van der Waals surface area contributed by atoms with Crippen molar-refractivity contribution in [3.05, 3.63) is 12.7 Å². The molecular formula is C15H31IN4. The Kier molecular flexibility index (Phi) is 11.2. The summed E-state index contributed by atoms with van der Waals surface area (Å²) in [6.07, 6.45) is 4.49. The van der Waals surface area contributed by atoms with Gasteiger partial charge in [0.1, 0.15) is 0 Å². The quantitative estimate of drug-likeness (QED) is 0.315. The lowest BCUT2D eigenvalue weighted by molar-refractivity contribution is 0.150. The van der Waals surface area contributed by atoms with Crippen molar-refractivity contribution < 1.29 is 0 Å². The summed E-state index contributed by atoms with van der Waals surface area (Å²) in [6, 6.07) is 0.520. The molecule has 1 fully saturated rings. The number of rotatable bonds is 6. The Balaban J connectivity index is 0.00000361. The number of hydrogen-bond donors (Lipinski definition) is 2. The molecule has 1 saturated heterocycles. The predicted molar refractivity (Wildman–Crippen MR) is 99.0 cm³/mol. The molecule has 1 aliphatic heterocycles. The van der Waals surface area contributed by atoms with Crippen LogP contribution in [0.25, 0.3) is 0 Å². The van der Waals surface area contributed by atoms with Crippen molar-refractivity contribution in [2.45, 2.75) is 39.7 Å². The zero-order valence-electron chi connectivity index (χ0n) is 13.2. The first-order chi connectivity index (χ1) is 9.17. The number of halogens is 1. The van der Waals surface area contributed by atoms with Crippen molar-refractivity contribution in [2.24, 2.45) is 10.9 Å². The average molecular weight is 394 g/mol. The minimum Gasteiger partial charge on any atom is -0.357 e. The van der Waals surface area contributed by atoms with Gasteiger partial charge in [0.05, 0.1) is 6.54 Å². The van der Waals surface area contributed by atoms with E-state index in [9.17, 15) is 0 Å². The van der Waals surface area contributed by atoms with Gasteiger partial charge < -0.3 is 10.6 Å². The molecular weight excluding hydrogens is 363 g/mol. The highest BCUT2D eigenvalue weighted by Gasteiger charge is 2.19. The van der Waals surface area contributed by atoms with Crippen molar-refractivity contribution >= 4 is 29.9 Å². The van der Waals surface area contributed by atoms with Crippen LogP contribution in [-0.4, -0.2) is 49.6 Å². The van der Waals surface area contributed by atoms with Gasteiger partial charge in [-0.05, 0) is 45.7 Å². The summed E-state index contributed by atoms with van der Waals surface area (Å²) >= 11 is 0. The fraction of sp³-hybridized carbons (Fsp3) is 0.800. The number of nitrogens with one attached hydrogen (secondary N) is 2. The Morgan fingerprint density at radius 1 is 1.40 bits per heavy atom. The molecule has 0 saturated carbocycles. The third-order valence-corrected chi connectivity index (χ3v) is 3.71. The van der Waals surface area contributed by atoms with Crippen LogP contribution < -0.4 is 10.6 Å². The third kappa shape index (κ3) is 7.47. The molecule has 1 atom stereocenters. The maximum atomic E-state index is 4.65. The predicted octanol–water partition coefficient (Wildman–Crippen LogP) is 2.47. The van der Waals surface area contributed by atoms with Crippen LogP contribution in [0, 0.1) is 5.92 Å². The zero-order valence-corrected chi connectivity index (χ0v) is 15.5. The van der Waals surface area contributed by atoms with Crippen LogP contribution in [0.1, 0.15) is 33.6 Å². The molecule has 118 valence electrons. The smallest absolute Gasteiger partial charge is 0.191 e. The van der Waals surface area contributed by atoms with E-state index in [1.54, 1.807) is 0 Å². The topological polar surface area (TPSA) is 39.7 Å². The lowest BCUT2D eigenvalue weighted by Gasteiger charge is -2.34. The summed E-state index contributed by atoms with van der Waals surface area (Å²) in [5, 5.41) is 6.49. The molecule has 1 aliphatic rings. The van der Waals surface area contributed by atoms with Crippen molar-refractivity contribution in [1.82, 2.24) is 15.5 Å². The molecule has 2 N–H and O–H groups in total. The molecule has 0 aromatic rings. The van der Waals surface area contributed by atoms with E-state index in [2.05, 4.69) is 47.9 Å². The van der Waals surface area contributed by atoms with Gasteiger partial charge >= 0.3 is 0 Å². The largest absolute Gasteiger partial charge is 0.357 e. The van der Waals surface area contributed by atoms with Crippen molar-refractivity contribution in [1.29, 1.82) is 0 Å². The van der Waals surface area contributed by atoms with Gasteiger partial charge in [-0.1, -0.05) is 13.0 Å². The molecule has 1 heterocycles. The van der Waals surface area contributed by atoms with Gasteiger partial charge in [0.2, 0.25) is 0 Å². The Morgan fingerprint density at radius 3 is 2.60 bits per heavy atom. The van der Waals surface area contributed by atoms with Crippen molar-refractivity contribution in [3.63, 3.8) is 0 Å². The number of guanidine groups is 1. The maximum absolute atomic E-state index is 4.65. The molecule has 5 heteroatoms. The number of nitrogens with zero attached hydrogens (tertiary/aromatic N) is 2. The van der Waals surface area contributed by atoms with Crippen LogP contribution in [0.3, 0.4) is 0 Å². The standard InChI is InChI=1S/C15H30N4.HI/c1-5-9-17-15(16-6-2)18-12-14(4)19-10-7-13(3)8-11-19;/h5,13-14H,1,6-12H2,2-4H3,(H2,16,17,18);1H. The Bertz CT molecular complexity index is 286. The third-order valence-electron chi connectivity index (χ3n) is 3.71. The van der Waals surface area contributed by atoms with Crippen molar-refractivity contribution in [2.75, 3.05) is 32.7 Å². The summed E-state index contributed by atoms with van der Waals surface area (Å²) < 4.78 is 0. The van der Waals surface area contributed by atoms with E-state index in [1.165, 1.54) is 25.9 Å². The monoisotopic (exact) mass is 394 g/mol. The van der Waals surface area contributed by atoms with E-state index in [0.717, 1.165) is 31.5 Å². The van der Waals surface area contributed by atoms with E-state index >= 15 is 0 Å². The Labute approximate surface area is 141 Å². The molecule has 0 aromatic carbocycles. The highest BCUT2D eigenvalue weighted by atomic mass is 127. The van der Waals surface area contributed by atoms with Crippen LogP contribution in [0.2, 0.25) is 0 Å². The first kappa shape index (κ1) is 19.7. The number of piperidine rings is 1. The minimum absolute atomic E-state index is 0. The molecule has 0 spiro atoms. The SMILES string of the molecule is C=CCNC(=NCC(C)N1CCC(C)CC1)NCC.I. The fourth-order valence-corrected chi connectivity index (χ4v) is 2.32. The zero-order chi connectivity index (χ0) is 14.1. The summed E-state index contributed by atoms with van der Waals surface area (Å²) in [4.78, 5) is 7.21. The van der Waals surface area contributed by atoms with Crippen LogP contribution in [0.15, 0.2) is 17.6 Å². The van der Waals surface area contributed by atoms with Crippen LogP contribution in [0.5, 0.6) is 0 Å². The molecule has 1 unspecified atom stereocenters. The number of aliphatic imine (C=N–C) groups is 1. The maximum Gasteiger partial charge on any atom is 0.191 e. The first-order valence-electron chi connectivity index (χ1n) is 7.54. The van der Waals surface area contributed by atoms with Gasteiger partial charge in [-0.3, -0.25) is 9.89 Å². The van der Waals surface area contributed by atoms with Crippen LogP contribution >= 0.6 is 24.0 Å². The molecule has 20 heavy (non-hydrogen) atoms. The van der Waals surface area contributed by atoms with Gasteiger partial charge in [-0.15, -0.1) is 30.6 Å². The minimum atomic E-state index is 0. The van der Waals surface area contributed by atoms with E-state index in [0.29, 0.717) is 6.04 Å². The molecule has 0 radical (unpaired) electrons. The normalized spacial score (nSPS) is 19.1. The van der Waals surface area contributed by atoms with Gasteiger partial charge in [-0.25, -0.2) is 0 Å². The summed E-state index contributed by atoms with van der Waals surface area (Å²) in [5.74, 6) is 1.78. The second-order valence-electron chi connectivity index (χ2n) is 5.46. The molecule has 0 aromatic heterocycles. The van der Waals surface area contributed by atoms with E-state index in [4.69, 9.17) is 0 Å². The lowest BCUT2D eigenvalue weighted by atomic mass is 9.98. The average Bonchev–Trinajstić information content (AvgIpc) is 2.42. The van der Waals surface area contributed by atoms with Gasteiger partial charge in [0.15, 0.2) is 5.96 Å².